The van der Waals surface area contributed by atoms with Crippen molar-refractivity contribution >= 4 is 29.4 Å². The summed E-state index contributed by atoms with van der Waals surface area (Å²) in [7, 11) is 3.19. The lowest BCUT2D eigenvalue weighted by Gasteiger charge is -2.25. The number of imide groups is 1. The van der Waals surface area contributed by atoms with Crippen LogP contribution in [-0.2, 0) is 16.1 Å². The van der Waals surface area contributed by atoms with Crippen LogP contribution in [0, 0.1) is 0 Å². The summed E-state index contributed by atoms with van der Waals surface area (Å²) in [4.78, 5) is 24.0. The summed E-state index contributed by atoms with van der Waals surface area (Å²) in [6.07, 6.45) is 5.69. The number of rotatable bonds is 11. The molecule has 0 bridgehead atoms. The van der Waals surface area contributed by atoms with Crippen molar-refractivity contribution in [3.8, 4) is 5.75 Å². The topological polar surface area (TPSA) is 119 Å². The van der Waals surface area contributed by atoms with Crippen LogP contribution < -0.4 is 20.7 Å². The quantitative estimate of drug-likeness (QED) is 0.335. The molecule has 1 heterocycles. The normalized spacial score (nSPS) is 14.0. The van der Waals surface area contributed by atoms with Gasteiger partial charge in [-0.15, -0.1) is 10.2 Å². The maximum absolute atomic E-state index is 12.2. The Balaban J connectivity index is 1.63. The van der Waals surface area contributed by atoms with Crippen LogP contribution in [-0.4, -0.2) is 59.8 Å². The van der Waals surface area contributed by atoms with Crippen molar-refractivity contribution < 1.29 is 19.1 Å². The van der Waals surface area contributed by atoms with Crippen molar-refractivity contribution in [2.75, 3.05) is 38.4 Å². The molecule has 0 saturated heterocycles. The van der Waals surface area contributed by atoms with E-state index in [0.717, 1.165) is 42.9 Å². The predicted molar refractivity (Wildman–Crippen MR) is 127 cm³/mol. The second-order valence-corrected chi connectivity index (χ2v) is 8.67. The van der Waals surface area contributed by atoms with Gasteiger partial charge in [0.15, 0.2) is 11.0 Å². The molecule has 0 spiro atoms. The molecular weight excluding hydrogens is 444 g/mol. The van der Waals surface area contributed by atoms with E-state index >= 15 is 0 Å². The first-order chi connectivity index (χ1) is 16.1. The monoisotopic (exact) mass is 476 g/mol. The van der Waals surface area contributed by atoms with Crippen LogP contribution in [0.25, 0.3) is 0 Å². The number of ether oxygens (including phenoxy) is 2. The highest BCUT2D eigenvalue weighted by atomic mass is 32.2. The number of amides is 3. The number of carbonyl (C=O) groups excluding carboxylic acids is 2. The summed E-state index contributed by atoms with van der Waals surface area (Å²) in [6, 6.07) is 7.50. The van der Waals surface area contributed by atoms with Gasteiger partial charge in [0, 0.05) is 31.5 Å². The van der Waals surface area contributed by atoms with Crippen molar-refractivity contribution in [3.63, 3.8) is 0 Å². The number of hydrogen-bond acceptors (Lipinski definition) is 8. The third kappa shape index (κ3) is 7.64. The fraction of sp³-hybridized carbons (Fsp3) is 0.545. The van der Waals surface area contributed by atoms with E-state index in [9.17, 15) is 9.59 Å². The molecule has 1 fully saturated rings. The lowest BCUT2D eigenvalue weighted by atomic mass is 9.95. The second kappa shape index (κ2) is 13.0. The minimum Gasteiger partial charge on any atom is -0.497 e. The molecular formula is C22H32N6O4S. The number of benzene rings is 1. The molecule has 0 radical (unpaired) electrons. The van der Waals surface area contributed by atoms with Gasteiger partial charge < -0.3 is 24.7 Å². The van der Waals surface area contributed by atoms with Crippen LogP contribution >= 0.6 is 11.8 Å². The van der Waals surface area contributed by atoms with Crippen LogP contribution in [0.15, 0.2) is 29.4 Å². The summed E-state index contributed by atoms with van der Waals surface area (Å²) in [5.41, 5.74) is 0.931. The van der Waals surface area contributed by atoms with Crippen LogP contribution in [0.3, 0.4) is 0 Å². The van der Waals surface area contributed by atoms with Crippen LogP contribution in [0.2, 0.25) is 0 Å². The van der Waals surface area contributed by atoms with Crippen molar-refractivity contribution in [2.45, 2.75) is 49.8 Å². The van der Waals surface area contributed by atoms with Crippen LogP contribution in [0.1, 0.15) is 44.0 Å². The van der Waals surface area contributed by atoms with Gasteiger partial charge in [-0.25, -0.2) is 4.79 Å². The van der Waals surface area contributed by atoms with E-state index in [-0.39, 0.29) is 11.7 Å². The molecule has 0 atom stereocenters. The van der Waals surface area contributed by atoms with Crippen LogP contribution in [0.5, 0.6) is 5.75 Å². The number of thioether (sulfide) groups is 1. The van der Waals surface area contributed by atoms with Gasteiger partial charge in [0.25, 0.3) is 0 Å². The molecule has 2 aromatic rings. The van der Waals surface area contributed by atoms with E-state index in [1.165, 1.54) is 18.2 Å². The molecule has 3 N–H and O–H groups in total. The van der Waals surface area contributed by atoms with E-state index in [1.807, 2.05) is 24.3 Å². The summed E-state index contributed by atoms with van der Waals surface area (Å²) in [5, 5.41) is 17.7. The highest BCUT2D eigenvalue weighted by Gasteiger charge is 2.23. The Morgan fingerprint density at radius 3 is 2.76 bits per heavy atom. The second-order valence-electron chi connectivity index (χ2n) is 7.73. The zero-order valence-corrected chi connectivity index (χ0v) is 20.0. The fourth-order valence-corrected chi connectivity index (χ4v) is 4.57. The Kier molecular flexibility index (Phi) is 9.82. The molecule has 0 unspecified atom stereocenters. The fourth-order valence-electron chi connectivity index (χ4n) is 3.75. The molecule has 11 heteroatoms. The van der Waals surface area contributed by atoms with Gasteiger partial charge in [-0.2, -0.15) is 0 Å². The lowest BCUT2D eigenvalue weighted by molar-refractivity contribution is -0.117. The van der Waals surface area contributed by atoms with Crippen molar-refractivity contribution in [1.29, 1.82) is 0 Å². The van der Waals surface area contributed by atoms with Gasteiger partial charge in [-0.3, -0.25) is 10.1 Å². The van der Waals surface area contributed by atoms with Crippen LogP contribution in [0.4, 0.5) is 10.5 Å². The van der Waals surface area contributed by atoms with Gasteiger partial charge in [0.1, 0.15) is 5.75 Å². The zero-order chi connectivity index (χ0) is 23.5. The molecule has 1 aliphatic rings. The maximum atomic E-state index is 12.2. The van der Waals surface area contributed by atoms with E-state index in [4.69, 9.17) is 9.47 Å². The summed E-state index contributed by atoms with van der Waals surface area (Å²) in [6.45, 7) is 1.22. The number of methoxy groups -OCH3 is 2. The summed E-state index contributed by atoms with van der Waals surface area (Å²) >= 11 is 1.29. The maximum Gasteiger partial charge on any atom is 0.321 e. The molecule has 1 saturated carbocycles. The Labute approximate surface area is 198 Å². The Hall–Kier alpha value is -2.79. The molecule has 180 valence electrons. The average molecular weight is 477 g/mol. The SMILES string of the molecule is COCCNC(=O)NC(=O)CSc1nnc(CNc2cccc(OC)c2)n1C1CCCCC1. The number of hydrogen-bond donors (Lipinski definition) is 3. The minimum atomic E-state index is -0.533. The standard InChI is InChI=1S/C22H32N6O4S/c1-31-12-11-23-21(30)25-20(29)15-33-22-27-26-19(28(22)17-8-4-3-5-9-17)14-24-16-7-6-10-18(13-16)32-2/h6-7,10,13,17,24H,3-5,8-9,11-12,14-15H2,1-2H3,(H2,23,25,29,30). The van der Waals surface area contributed by atoms with Crippen molar-refractivity contribution in [2.24, 2.45) is 0 Å². The number of anilines is 1. The Morgan fingerprint density at radius 1 is 1.18 bits per heavy atom. The first-order valence-electron chi connectivity index (χ1n) is 11.1. The van der Waals surface area contributed by atoms with E-state index < -0.39 is 6.03 Å². The average Bonchev–Trinajstić information content (AvgIpc) is 3.25. The summed E-state index contributed by atoms with van der Waals surface area (Å²) < 4.78 is 12.3. The third-order valence-electron chi connectivity index (χ3n) is 5.37. The first kappa shape index (κ1) is 24.8. The molecule has 1 aliphatic carbocycles. The zero-order valence-electron chi connectivity index (χ0n) is 19.1. The van der Waals surface area contributed by atoms with Gasteiger partial charge in [0.2, 0.25) is 5.91 Å². The first-order valence-corrected chi connectivity index (χ1v) is 12.1. The Morgan fingerprint density at radius 2 is 2.00 bits per heavy atom. The number of aromatic nitrogens is 3. The number of nitrogens with zero attached hydrogens (tertiary/aromatic N) is 3. The highest BCUT2D eigenvalue weighted by molar-refractivity contribution is 7.99. The molecule has 3 amide bonds. The number of urea groups is 1. The molecule has 1 aromatic heterocycles. The van der Waals surface area contributed by atoms with Gasteiger partial charge in [-0.05, 0) is 25.0 Å². The minimum absolute atomic E-state index is 0.0753. The Bertz CT molecular complexity index is 916. The summed E-state index contributed by atoms with van der Waals surface area (Å²) in [5.74, 6) is 1.29. The van der Waals surface area contributed by atoms with Crippen molar-refractivity contribution in [1.82, 2.24) is 25.4 Å². The predicted octanol–water partition coefficient (Wildman–Crippen LogP) is 2.97. The molecule has 1 aromatic carbocycles. The lowest BCUT2D eigenvalue weighted by Crippen LogP contribution is -2.41. The number of carbonyl (C=O) groups is 2. The van der Waals surface area contributed by atoms with Gasteiger partial charge in [-0.1, -0.05) is 37.1 Å². The number of nitrogens with one attached hydrogen (secondary N) is 3. The van der Waals surface area contributed by atoms with Crippen molar-refractivity contribution in [3.05, 3.63) is 30.1 Å². The molecule has 3 rings (SSSR count). The van der Waals surface area contributed by atoms with Gasteiger partial charge >= 0.3 is 6.03 Å². The molecule has 33 heavy (non-hydrogen) atoms. The molecule has 10 nitrogen and oxygen atoms in total. The van der Waals surface area contributed by atoms with Gasteiger partial charge in [0.05, 0.1) is 26.0 Å². The van der Waals surface area contributed by atoms with E-state index in [1.54, 1.807) is 14.2 Å². The smallest absolute Gasteiger partial charge is 0.321 e. The molecule has 0 aliphatic heterocycles. The van der Waals surface area contributed by atoms with E-state index in [2.05, 4.69) is 30.7 Å². The largest absolute Gasteiger partial charge is 0.497 e. The third-order valence-corrected chi connectivity index (χ3v) is 6.32. The van der Waals surface area contributed by atoms with E-state index in [0.29, 0.717) is 30.9 Å². The highest BCUT2D eigenvalue weighted by Crippen LogP contribution is 2.33.